The molecule has 0 aliphatic carbocycles. The van der Waals surface area contributed by atoms with Gasteiger partial charge in [-0.15, -0.1) is 0 Å². The van der Waals surface area contributed by atoms with E-state index in [1.807, 2.05) is 0 Å². The van der Waals surface area contributed by atoms with E-state index in [1.54, 1.807) is 0 Å². The summed E-state index contributed by atoms with van der Waals surface area (Å²) in [7, 11) is 2.16. The Morgan fingerprint density at radius 3 is 0.958 bits per heavy atom. The highest BCUT2D eigenvalue weighted by atomic mass is 16.3. The molecule has 0 aliphatic heterocycles. The van der Waals surface area contributed by atoms with Crippen LogP contribution in [0.2, 0.25) is 0 Å². The highest BCUT2D eigenvalue weighted by Crippen LogP contribution is 2.14. The van der Waals surface area contributed by atoms with Crippen LogP contribution in [-0.2, 0) is 0 Å². The molecule has 0 fully saturated rings. The second kappa shape index (κ2) is 59.1. The minimum absolute atomic E-state index is 0.287. The molecule has 6 nitrogen and oxygen atoms in total. The zero-order valence-electron chi connectivity index (χ0n) is 47.9. The first kappa shape index (κ1) is 69.2. The number of aliphatic hydroxyl groups is 3. The van der Waals surface area contributed by atoms with Crippen molar-refractivity contribution in [3.8, 4) is 0 Å². The molecule has 0 radical (unpaired) electrons. The molecule has 3 unspecified atom stereocenters. The van der Waals surface area contributed by atoms with Crippen LogP contribution in [0, 0.1) is 0 Å². The van der Waals surface area contributed by atoms with Crippen LogP contribution in [0.15, 0.2) is 72.9 Å². The molecule has 4 N–H and O–H groups in total. The van der Waals surface area contributed by atoms with Crippen molar-refractivity contribution in [2.75, 3.05) is 52.9 Å². The molecule has 71 heavy (non-hydrogen) atoms. The van der Waals surface area contributed by atoms with Crippen molar-refractivity contribution in [3.05, 3.63) is 72.9 Å². The molecule has 0 saturated heterocycles. The molecule has 0 heterocycles. The Balaban J connectivity index is 4.49. The lowest BCUT2D eigenvalue weighted by molar-refractivity contribution is 0.0564. The van der Waals surface area contributed by atoms with E-state index in [0.29, 0.717) is 19.6 Å². The maximum Gasteiger partial charge on any atom is 0.0667 e. The fourth-order valence-corrected chi connectivity index (χ4v) is 9.20. The molecular formula is C65H123N3O3. The van der Waals surface area contributed by atoms with Crippen molar-refractivity contribution in [3.63, 3.8) is 0 Å². The number of likely N-dealkylation sites (N-methyl/N-ethyl adjacent to an activating group) is 1. The molecule has 0 bridgehead atoms. The molecule has 3 atom stereocenters. The molecule has 0 aromatic rings. The quantitative estimate of drug-likeness (QED) is 0.0359. The van der Waals surface area contributed by atoms with Crippen LogP contribution in [0.4, 0.5) is 0 Å². The standard InChI is InChI=1S/C65H123N3O3/c1-5-8-11-14-17-20-23-26-29-32-35-38-41-44-47-50-53-63(69)60-66-56-57-67(4)58-59-68(61-64(70)54-51-48-45-42-39-36-33-30-27-24-21-18-15-12-9-6-2)62-65(71)55-52-49-46-43-40-37-34-31-28-25-22-19-16-13-10-7-3/h23-28,32-37,63-66,69-71H,5-22,29-31,38-62H2,1-4H3/b26-23-,27-24-,28-25-,35-32-,36-33-,37-34-. The van der Waals surface area contributed by atoms with Gasteiger partial charge in [0.15, 0.2) is 0 Å². The van der Waals surface area contributed by atoms with Crippen molar-refractivity contribution in [1.82, 2.24) is 15.1 Å². The van der Waals surface area contributed by atoms with Gasteiger partial charge < -0.3 is 25.5 Å². The van der Waals surface area contributed by atoms with Crippen LogP contribution in [-0.4, -0.2) is 96.3 Å². The van der Waals surface area contributed by atoms with E-state index in [4.69, 9.17) is 0 Å². The summed E-state index contributed by atoms with van der Waals surface area (Å²) in [5.41, 5.74) is 0. The summed E-state index contributed by atoms with van der Waals surface area (Å²) < 4.78 is 0. The lowest BCUT2D eigenvalue weighted by Crippen LogP contribution is -2.43. The van der Waals surface area contributed by atoms with Gasteiger partial charge in [0.05, 0.1) is 18.3 Å². The number of nitrogens with one attached hydrogen (secondary N) is 1. The molecule has 0 spiro atoms. The zero-order valence-corrected chi connectivity index (χ0v) is 47.9. The summed E-state index contributed by atoms with van der Waals surface area (Å²) in [5, 5.41) is 36.4. The third-order valence-electron chi connectivity index (χ3n) is 14.0. The second-order valence-electron chi connectivity index (χ2n) is 21.3. The van der Waals surface area contributed by atoms with Gasteiger partial charge in [-0.3, -0.25) is 4.90 Å². The van der Waals surface area contributed by atoms with Crippen LogP contribution in [0.25, 0.3) is 0 Å². The average Bonchev–Trinajstić information content (AvgIpc) is 3.36. The number of allylic oxidation sites excluding steroid dienone is 12. The van der Waals surface area contributed by atoms with Gasteiger partial charge in [-0.25, -0.2) is 0 Å². The van der Waals surface area contributed by atoms with Gasteiger partial charge in [0, 0.05) is 45.8 Å². The Hall–Kier alpha value is -1.80. The van der Waals surface area contributed by atoms with Gasteiger partial charge >= 0.3 is 0 Å². The summed E-state index contributed by atoms with van der Waals surface area (Å²) >= 11 is 0. The maximum absolute atomic E-state index is 11.1. The molecule has 0 saturated carbocycles. The number of aliphatic hydroxyl groups excluding tert-OH is 3. The first-order valence-electron chi connectivity index (χ1n) is 31.0. The van der Waals surface area contributed by atoms with E-state index in [2.05, 4.69) is 116 Å². The smallest absolute Gasteiger partial charge is 0.0667 e. The minimum Gasteiger partial charge on any atom is -0.392 e. The fourth-order valence-electron chi connectivity index (χ4n) is 9.20. The number of hydrogen-bond acceptors (Lipinski definition) is 6. The third kappa shape index (κ3) is 57.3. The molecule has 0 aromatic carbocycles. The first-order chi connectivity index (χ1) is 34.9. The Labute approximate surface area is 443 Å². The van der Waals surface area contributed by atoms with E-state index in [1.165, 1.54) is 161 Å². The molecule has 0 aromatic heterocycles. The van der Waals surface area contributed by atoms with Crippen LogP contribution in [0.1, 0.15) is 271 Å². The topological polar surface area (TPSA) is 79.2 Å². The van der Waals surface area contributed by atoms with Crippen molar-refractivity contribution in [2.24, 2.45) is 0 Å². The molecule has 0 aliphatic rings. The van der Waals surface area contributed by atoms with Crippen molar-refractivity contribution in [1.29, 1.82) is 0 Å². The highest BCUT2D eigenvalue weighted by molar-refractivity contribution is 4.94. The lowest BCUT2D eigenvalue weighted by atomic mass is 10.1. The highest BCUT2D eigenvalue weighted by Gasteiger charge is 2.17. The summed E-state index contributed by atoms with van der Waals surface area (Å²) in [6, 6.07) is 0. The number of nitrogens with zero attached hydrogens (tertiary/aromatic N) is 2. The predicted octanol–water partition coefficient (Wildman–Crippen LogP) is 17.5. The van der Waals surface area contributed by atoms with Crippen molar-refractivity contribution in [2.45, 2.75) is 289 Å². The third-order valence-corrected chi connectivity index (χ3v) is 14.0. The monoisotopic (exact) mass is 994 g/mol. The minimum atomic E-state index is -0.364. The average molecular weight is 995 g/mol. The second-order valence-corrected chi connectivity index (χ2v) is 21.3. The Morgan fingerprint density at radius 1 is 0.338 bits per heavy atom. The number of unbranched alkanes of at least 4 members (excludes halogenated alkanes) is 27. The van der Waals surface area contributed by atoms with Crippen molar-refractivity contribution < 1.29 is 15.3 Å². The van der Waals surface area contributed by atoms with Gasteiger partial charge in [0.25, 0.3) is 0 Å². The predicted molar refractivity (Wildman–Crippen MR) is 317 cm³/mol. The summed E-state index contributed by atoms with van der Waals surface area (Å²) in [4.78, 5) is 4.65. The number of rotatable bonds is 57. The Morgan fingerprint density at radius 2 is 0.634 bits per heavy atom. The van der Waals surface area contributed by atoms with Gasteiger partial charge in [-0.2, -0.15) is 0 Å². The van der Waals surface area contributed by atoms with Crippen LogP contribution in [0.5, 0.6) is 0 Å². The molecule has 416 valence electrons. The van der Waals surface area contributed by atoms with Gasteiger partial charge in [0.1, 0.15) is 0 Å². The molecule has 0 amide bonds. The Kier molecular flexibility index (Phi) is 57.6. The Bertz CT molecular complexity index is 1160. The van der Waals surface area contributed by atoms with E-state index < -0.39 is 0 Å². The van der Waals surface area contributed by atoms with Gasteiger partial charge in [0.2, 0.25) is 0 Å². The molecular weight excluding hydrogens is 871 g/mol. The van der Waals surface area contributed by atoms with E-state index in [9.17, 15) is 15.3 Å². The van der Waals surface area contributed by atoms with E-state index in [0.717, 1.165) is 116 Å². The lowest BCUT2D eigenvalue weighted by Gasteiger charge is -2.29. The van der Waals surface area contributed by atoms with Crippen molar-refractivity contribution >= 4 is 0 Å². The number of hydrogen-bond donors (Lipinski definition) is 4. The van der Waals surface area contributed by atoms with Crippen LogP contribution >= 0.6 is 0 Å². The van der Waals surface area contributed by atoms with E-state index >= 15 is 0 Å². The SMILES string of the molecule is CCCCCCC/C=C\C/C=C\CCCCCCC(O)CNCCN(C)CCN(CC(O)CCCCCC/C=C\C/C=C\CCCCCCC)CC(O)CCCCCC/C=C\C/C=C\CCCCCCC. The first-order valence-corrected chi connectivity index (χ1v) is 31.0. The van der Waals surface area contributed by atoms with Gasteiger partial charge in [-0.05, 0) is 123 Å². The summed E-state index contributed by atoms with van der Waals surface area (Å²) in [6.45, 7) is 12.2. The van der Waals surface area contributed by atoms with Gasteiger partial charge in [-0.1, -0.05) is 229 Å². The van der Waals surface area contributed by atoms with Crippen LogP contribution < -0.4 is 5.32 Å². The normalized spacial score (nSPS) is 14.0. The molecule has 6 heteroatoms. The largest absolute Gasteiger partial charge is 0.392 e. The fraction of sp³-hybridized carbons (Fsp3) is 0.815. The zero-order chi connectivity index (χ0) is 51.6. The van der Waals surface area contributed by atoms with E-state index in [-0.39, 0.29) is 18.3 Å². The van der Waals surface area contributed by atoms with Crippen LogP contribution in [0.3, 0.4) is 0 Å². The molecule has 0 rings (SSSR count). The maximum atomic E-state index is 11.1. The summed E-state index contributed by atoms with van der Waals surface area (Å²) in [5.74, 6) is 0. The summed E-state index contributed by atoms with van der Waals surface area (Å²) in [6.07, 6.45) is 74.1.